The second-order valence-electron chi connectivity index (χ2n) is 5.48. The quantitative estimate of drug-likeness (QED) is 0.414. The van der Waals surface area contributed by atoms with E-state index in [1.54, 1.807) is 6.07 Å². The predicted molar refractivity (Wildman–Crippen MR) is 96.3 cm³/mol. The Morgan fingerprint density at radius 3 is 2.62 bits per heavy atom. The van der Waals surface area contributed by atoms with Crippen LogP contribution in [0.4, 0.5) is 5.69 Å². The number of nitrogens with two attached hydrogens (primary N) is 1. The standard InChI is InChI=1S/C18H24N4O2/c1-3-14-5-7-15(8-6-14)22-18(19)21-11-4-10-20-17(23)16-13(2)9-12-24-16/h5-9,12H,3-4,10-11H2,1-2H3,(H,20,23)(H3,19,21,22). The minimum atomic E-state index is -0.205. The van der Waals surface area contributed by atoms with Crippen LogP contribution in [0.3, 0.4) is 0 Å². The smallest absolute Gasteiger partial charge is 0.287 e. The minimum Gasteiger partial charge on any atom is -0.459 e. The Balaban J connectivity index is 1.69. The van der Waals surface area contributed by atoms with Crippen molar-refractivity contribution in [1.82, 2.24) is 5.32 Å². The third kappa shape index (κ3) is 5.15. The number of furan rings is 1. The normalized spacial score (nSPS) is 11.3. The molecule has 0 saturated carbocycles. The van der Waals surface area contributed by atoms with Gasteiger partial charge in [0, 0.05) is 24.3 Å². The van der Waals surface area contributed by atoms with Gasteiger partial charge >= 0.3 is 0 Å². The van der Waals surface area contributed by atoms with Crippen LogP contribution in [0.15, 0.2) is 46.0 Å². The van der Waals surface area contributed by atoms with Gasteiger partial charge in [0.2, 0.25) is 0 Å². The summed E-state index contributed by atoms with van der Waals surface area (Å²) in [5.41, 5.74) is 8.87. The molecule has 0 saturated heterocycles. The molecule has 0 radical (unpaired) electrons. The molecule has 4 N–H and O–H groups in total. The Bertz CT molecular complexity index is 689. The van der Waals surface area contributed by atoms with Gasteiger partial charge in [0.1, 0.15) is 0 Å². The van der Waals surface area contributed by atoms with E-state index in [1.807, 2.05) is 19.1 Å². The Morgan fingerprint density at radius 2 is 2.00 bits per heavy atom. The van der Waals surface area contributed by atoms with Crippen LogP contribution in [0, 0.1) is 6.92 Å². The van der Waals surface area contributed by atoms with Crippen molar-refractivity contribution in [3.8, 4) is 0 Å². The number of guanidine groups is 1. The molecule has 24 heavy (non-hydrogen) atoms. The van der Waals surface area contributed by atoms with Gasteiger partial charge in [-0.05, 0) is 43.5 Å². The fourth-order valence-electron chi connectivity index (χ4n) is 2.18. The third-order valence-corrected chi connectivity index (χ3v) is 3.61. The van der Waals surface area contributed by atoms with E-state index in [0.717, 1.165) is 17.7 Å². The fourth-order valence-corrected chi connectivity index (χ4v) is 2.18. The van der Waals surface area contributed by atoms with E-state index in [9.17, 15) is 4.79 Å². The van der Waals surface area contributed by atoms with Crippen LogP contribution in [0.5, 0.6) is 0 Å². The van der Waals surface area contributed by atoms with Crippen LogP contribution in [0.2, 0.25) is 0 Å². The zero-order valence-corrected chi connectivity index (χ0v) is 14.1. The van der Waals surface area contributed by atoms with Crippen molar-refractivity contribution in [2.45, 2.75) is 26.7 Å². The number of nitrogens with zero attached hydrogens (tertiary/aromatic N) is 1. The van der Waals surface area contributed by atoms with Gasteiger partial charge in [-0.15, -0.1) is 0 Å². The van der Waals surface area contributed by atoms with E-state index in [1.165, 1.54) is 11.8 Å². The largest absolute Gasteiger partial charge is 0.459 e. The van der Waals surface area contributed by atoms with E-state index >= 15 is 0 Å². The summed E-state index contributed by atoms with van der Waals surface area (Å²) in [7, 11) is 0. The van der Waals surface area contributed by atoms with Crippen molar-refractivity contribution in [2.24, 2.45) is 10.7 Å². The number of carbonyl (C=O) groups excluding carboxylic acids is 1. The number of rotatable bonds is 7. The molecule has 0 aliphatic carbocycles. The number of carbonyl (C=O) groups is 1. The molecule has 6 heteroatoms. The van der Waals surface area contributed by atoms with Crippen LogP contribution in [0.1, 0.15) is 35.0 Å². The first-order valence-corrected chi connectivity index (χ1v) is 8.08. The molecule has 2 rings (SSSR count). The maximum atomic E-state index is 11.8. The maximum Gasteiger partial charge on any atom is 0.287 e. The SMILES string of the molecule is CCc1ccc(NC(N)=NCCCNC(=O)c2occc2C)cc1. The number of benzene rings is 1. The highest BCUT2D eigenvalue weighted by Gasteiger charge is 2.11. The monoisotopic (exact) mass is 328 g/mol. The molecular weight excluding hydrogens is 304 g/mol. The van der Waals surface area contributed by atoms with E-state index < -0.39 is 0 Å². The number of nitrogens with one attached hydrogen (secondary N) is 2. The third-order valence-electron chi connectivity index (χ3n) is 3.61. The molecule has 0 aliphatic heterocycles. The number of amides is 1. The Morgan fingerprint density at radius 1 is 1.25 bits per heavy atom. The summed E-state index contributed by atoms with van der Waals surface area (Å²) in [6, 6.07) is 9.84. The molecule has 1 aromatic carbocycles. The van der Waals surface area contributed by atoms with Crippen molar-refractivity contribution >= 4 is 17.6 Å². The first-order chi connectivity index (χ1) is 11.6. The Hall–Kier alpha value is -2.76. The summed E-state index contributed by atoms with van der Waals surface area (Å²) < 4.78 is 5.13. The number of hydrogen-bond acceptors (Lipinski definition) is 3. The summed E-state index contributed by atoms with van der Waals surface area (Å²) in [4.78, 5) is 16.1. The number of anilines is 1. The van der Waals surface area contributed by atoms with E-state index in [-0.39, 0.29) is 5.91 Å². The average molecular weight is 328 g/mol. The number of aryl methyl sites for hydroxylation is 2. The van der Waals surface area contributed by atoms with Gasteiger partial charge in [-0.25, -0.2) is 0 Å². The van der Waals surface area contributed by atoms with Crippen molar-refractivity contribution in [2.75, 3.05) is 18.4 Å². The zero-order chi connectivity index (χ0) is 17.4. The van der Waals surface area contributed by atoms with Crippen LogP contribution < -0.4 is 16.4 Å². The molecule has 0 aliphatic rings. The molecule has 2 aromatic rings. The van der Waals surface area contributed by atoms with Gasteiger partial charge in [0.05, 0.1) is 6.26 Å². The predicted octanol–water partition coefficient (Wildman–Crippen LogP) is 2.70. The lowest BCUT2D eigenvalue weighted by Gasteiger charge is -2.07. The second-order valence-corrected chi connectivity index (χ2v) is 5.48. The summed E-state index contributed by atoms with van der Waals surface area (Å²) in [5, 5.41) is 5.85. The van der Waals surface area contributed by atoms with Crippen molar-refractivity contribution in [3.63, 3.8) is 0 Å². The maximum absolute atomic E-state index is 11.8. The molecule has 128 valence electrons. The Labute approximate surface area is 142 Å². The number of hydrogen-bond donors (Lipinski definition) is 3. The lowest BCUT2D eigenvalue weighted by Crippen LogP contribution is -2.26. The first kappa shape index (κ1) is 17.6. The average Bonchev–Trinajstić information content (AvgIpc) is 3.01. The molecule has 0 fully saturated rings. The molecule has 6 nitrogen and oxygen atoms in total. The lowest BCUT2D eigenvalue weighted by molar-refractivity contribution is 0.0925. The molecule has 0 spiro atoms. The van der Waals surface area contributed by atoms with Crippen LogP contribution >= 0.6 is 0 Å². The Kier molecular flexibility index (Phi) is 6.42. The van der Waals surface area contributed by atoms with Gasteiger partial charge < -0.3 is 20.8 Å². The summed E-state index contributed by atoms with van der Waals surface area (Å²) in [5.74, 6) is 0.520. The molecule has 1 amide bonds. The van der Waals surface area contributed by atoms with Gasteiger partial charge in [-0.3, -0.25) is 9.79 Å². The van der Waals surface area contributed by atoms with E-state index in [2.05, 4.69) is 34.7 Å². The highest BCUT2D eigenvalue weighted by Crippen LogP contribution is 2.09. The van der Waals surface area contributed by atoms with Gasteiger partial charge in [0.25, 0.3) is 5.91 Å². The van der Waals surface area contributed by atoms with Gasteiger partial charge in [0.15, 0.2) is 11.7 Å². The highest BCUT2D eigenvalue weighted by atomic mass is 16.3. The van der Waals surface area contributed by atoms with E-state index in [0.29, 0.717) is 31.2 Å². The highest BCUT2D eigenvalue weighted by molar-refractivity contribution is 5.93. The summed E-state index contributed by atoms with van der Waals surface area (Å²) in [6.07, 6.45) is 3.21. The van der Waals surface area contributed by atoms with Crippen molar-refractivity contribution < 1.29 is 9.21 Å². The summed E-state index contributed by atoms with van der Waals surface area (Å²) >= 11 is 0. The topological polar surface area (TPSA) is 92.6 Å². The second kappa shape index (κ2) is 8.76. The molecule has 0 unspecified atom stereocenters. The first-order valence-electron chi connectivity index (χ1n) is 8.08. The minimum absolute atomic E-state index is 0.205. The fraction of sp³-hybridized carbons (Fsp3) is 0.333. The van der Waals surface area contributed by atoms with Crippen LogP contribution in [0.25, 0.3) is 0 Å². The molecule has 0 atom stereocenters. The molecule has 0 bridgehead atoms. The van der Waals surface area contributed by atoms with E-state index in [4.69, 9.17) is 10.2 Å². The molecule has 1 aromatic heterocycles. The van der Waals surface area contributed by atoms with Gasteiger partial charge in [-0.2, -0.15) is 0 Å². The molecule has 1 heterocycles. The summed E-state index contributed by atoms with van der Waals surface area (Å²) in [6.45, 7) is 5.00. The van der Waals surface area contributed by atoms with Crippen molar-refractivity contribution in [3.05, 3.63) is 53.5 Å². The van der Waals surface area contributed by atoms with Crippen LogP contribution in [-0.2, 0) is 6.42 Å². The van der Waals surface area contributed by atoms with Crippen LogP contribution in [-0.4, -0.2) is 25.0 Å². The zero-order valence-electron chi connectivity index (χ0n) is 14.1. The van der Waals surface area contributed by atoms with Gasteiger partial charge in [-0.1, -0.05) is 19.1 Å². The lowest BCUT2D eigenvalue weighted by atomic mass is 10.1. The number of aliphatic imine (C=N–C) groups is 1. The van der Waals surface area contributed by atoms with Crippen molar-refractivity contribution in [1.29, 1.82) is 0 Å². The molecular formula is C18H24N4O2.